The molecule has 0 aliphatic carbocycles. The Bertz CT molecular complexity index is 2400. The Labute approximate surface area is 330 Å². The molecule has 0 spiro atoms. The summed E-state index contributed by atoms with van der Waals surface area (Å²) in [5, 5.41) is 0. The van der Waals surface area contributed by atoms with Crippen LogP contribution in [-0.2, 0) is 21.1 Å². The van der Waals surface area contributed by atoms with Crippen LogP contribution in [-0.4, -0.2) is 27.2 Å². The first-order chi connectivity index (χ1) is 26.0. The fraction of sp³-hybridized carbons (Fsp3) is 0.327. The number of hydrogen-bond acceptors (Lipinski definition) is 2. The molecule has 3 aromatic heterocycles. The van der Waals surface area contributed by atoms with E-state index in [0.717, 1.165) is 67.1 Å². The van der Waals surface area contributed by atoms with Crippen molar-refractivity contribution in [3.05, 3.63) is 113 Å². The van der Waals surface area contributed by atoms with Gasteiger partial charge in [-0.25, -0.2) is 4.98 Å². The lowest BCUT2D eigenvalue weighted by atomic mass is 9.71. The van der Waals surface area contributed by atoms with Crippen LogP contribution in [0.25, 0.3) is 68.6 Å². The van der Waals surface area contributed by atoms with Crippen molar-refractivity contribution in [3.8, 4) is 22.3 Å². The van der Waals surface area contributed by atoms with Crippen LogP contribution in [0.5, 0.6) is 0 Å². The quantitative estimate of drug-likeness (QED) is 0.103. The minimum Gasteiger partial charge on any atom is -0.344 e. The number of Topliss-reactive ketones (excluding diaryl/α,β-unsaturated/α-hetero) is 1. The van der Waals surface area contributed by atoms with Gasteiger partial charge >= 0.3 is 0 Å². The number of nitrogens with zero attached hydrogens (tertiary/aromatic N) is 4. The topological polar surface area (TPSA) is 43.7 Å². The first kappa shape index (κ1) is 40.9. The maximum absolute atomic E-state index is 12.0. The molecule has 0 unspecified atom stereocenters. The number of carbonyl (C=O) groups excluding carboxylic acids is 1. The van der Waals surface area contributed by atoms with E-state index in [1.807, 2.05) is 24.3 Å². The summed E-state index contributed by atoms with van der Waals surface area (Å²) >= 11 is 0. The molecule has 2 aliphatic heterocycles. The highest BCUT2D eigenvalue weighted by Gasteiger charge is 2.27. The second-order valence-electron chi connectivity index (χ2n) is 16.7. The monoisotopic (exact) mass is 730 g/mol. The van der Waals surface area contributed by atoms with E-state index >= 15 is 0 Å². The molecule has 283 valence electrons. The van der Waals surface area contributed by atoms with Gasteiger partial charge in [-0.2, -0.15) is 4.57 Å². The number of carbonyl (C=O) groups is 1. The van der Waals surface area contributed by atoms with E-state index in [0.29, 0.717) is 16.4 Å². The van der Waals surface area contributed by atoms with Gasteiger partial charge in [-0.1, -0.05) is 123 Å². The molecule has 0 saturated heterocycles. The third-order valence-corrected chi connectivity index (χ3v) is 11.1. The molecule has 7 rings (SSSR count). The Hall–Kier alpha value is -5.23. The molecule has 6 heteroatoms. The van der Waals surface area contributed by atoms with Crippen LogP contribution >= 0.6 is 0 Å². The average Bonchev–Trinajstić information content (AvgIpc) is 3.92. The summed E-state index contributed by atoms with van der Waals surface area (Å²) in [6.45, 7) is 21.5. The highest BCUT2D eigenvalue weighted by molar-refractivity contribution is 6.51. The molecule has 2 aliphatic rings. The molecule has 0 saturated carbocycles. The van der Waals surface area contributed by atoms with Gasteiger partial charge in [-0.3, -0.25) is 4.79 Å². The number of benzene rings is 2. The summed E-state index contributed by atoms with van der Waals surface area (Å²) in [7, 11) is 8.45. The van der Waals surface area contributed by atoms with Crippen LogP contribution in [0.3, 0.4) is 0 Å². The Kier molecular flexibility index (Phi) is 12.4. The lowest BCUT2D eigenvalue weighted by Gasteiger charge is -2.34. The van der Waals surface area contributed by atoms with Gasteiger partial charge in [0.25, 0.3) is 0 Å². The Morgan fingerprint density at radius 3 is 1.73 bits per heavy atom. The van der Waals surface area contributed by atoms with Crippen molar-refractivity contribution in [2.45, 2.75) is 75.6 Å². The van der Waals surface area contributed by atoms with E-state index in [1.165, 1.54) is 11.9 Å². The maximum atomic E-state index is 12.0. The molecule has 0 N–H and O–H groups in total. The molecule has 5 aromatic rings. The normalized spacial score (nSPS) is 12.1. The number of fused-ring (bicyclic) bond motifs is 8. The highest BCUT2D eigenvalue weighted by Crippen LogP contribution is 2.37. The van der Waals surface area contributed by atoms with Gasteiger partial charge in [0.05, 0.1) is 28.0 Å². The number of aryl methyl sites for hydroxylation is 2. The molecule has 5 heterocycles. The van der Waals surface area contributed by atoms with Gasteiger partial charge in [0.2, 0.25) is 11.4 Å². The summed E-state index contributed by atoms with van der Waals surface area (Å²) < 4.78 is 6.72. The summed E-state index contributed by atoms with van der Waals surface area (Å²) in [6, 6.07) is 29.7. The van der Waals surface area contributed by atoms with Crippen molar-refractivity contribution < 1.29 is 9.36 Å². The summed E-state index contributed by atoms with van der Waals surface area (Å²) in [5.41, 5.74) is 15.5. The largest absolute Gasteiger partial charge is 0.344 e. The Morgan fingerprint density at radius 1 is 0.691 bits per heavy atom. The van der Waals surface area contributed by atoms with Gasteiger partial charge in [0, 0.05) is 54.5 Å². The fourth-order valence-corrected chi connectivity index (χ4v) is 6.24. The predicted molar refractivity (Wildman–Crippen MR) is 238 cm³/mol. The fourth-order valence-electron chi connectivity index (χ4n) is 6.24. The zero-order valence-electron chi connectivity index (χ0n) is 35.4. The summed E-state index contributed by atoms with van der Waals surface area (Å²) in [5.74, 6) is 0.0615. The van der Waals surface area contributed by atoms with Gasteiger partial charge in [-0.15, -0.1) is 0 Å². The van der Waals surface area contributed by atoms with Crippen LogP contribution in [0.15, 0.2) is 84.9 Å². The smallest absolute Gasteiger partial charge is 0.215 e. The molecule has 2 aromatic carbocycles. The number of hydrogen-bond donors (Lipinski definition) is 0. The summed E-state index contributed by atoms with van der Waals surface area (Å²) in [4.78, 5) is 17.2. The zero-order chi connectivity index (χ0) is 40.2. The predicted octanol–water partition coefficient (Wildman–Crippen LogP) is 11.5. The van der Waals surface area contributed by atoms with Crippen LogP contribution < -0.4 is 10.0 Å². The van der Waals surface area contributed by atoms with Crippen molar-refractivity contribution in [1.29, 1.82) is 0 Å². The van der Waals surface area contributed by atoms with E-state index in [1.54, 1.807) is 6.92 Å². The third kappa shape index (κ3) is 8.86. The number of rotatable bonds is 4. The lowest BCUT2D eigenvalue weighted by Crippen LogP contribution is -2.32. The minimum absolute atomic E-state index is 0.0615. The zero-order valence-corrected chi connectivity index (χ0v) is 35.4. The molecule has 5 nitrogen and oxygen atoms in total. The van der Waals surface area contributed by atoms with E-state index < -0.39 is 0 Å². The van der Waals surface area contributed by atoms with E-state index in [2.05, 4.69) is 189 Å². The van der Waals surface area contributed by atoms with Crippen molar-refractivity contribution in [2.75, 3.05) is 0 Å². The van der Waals surface area contributed by atoms with Crippen LogP contribution in [0.1, 0.15) is 102 Å². The molecular formula is C49H59BN4O+. The Morgan fingerprint density at radius 2 is 1.20 bits per heavy atom. The Balaban J connectivity index is 0.000000465. The SMILES string of the molecule is CC(C)(C)C(C)(C)C.CCC.C[B]c1ccc(-c2c3nc(cc4ccc(c(-c5ccc(C(C)=O)cc5)c5[n+](C)c(cc6ccc2n6C)C=C5)n4C)C=C3)cc1. The molecular weight excluding hydrogens is 671 g/mol. The van der Waals surface area contributed by atoms with Crippen molar-refractivity contribution in [2.24, 2.45) is 32.0 Å². The first-order valence-electron chi connectivity index (χ1n) is 19.6. The van der Waals surface area contributed by atoms with Crippen LogP contribution in [0.2, 0.25) is 6.82 Å². The van der Waals surface area contributed by atoms with Crippen molar-refractivity contribution >= 4 is 64.9 Å². The van der Waals surface area contributed by atoms with Gasteiger partial charge in [-0.05, 0) is 71.4 Å². The van der Waals surface area contributed by atoms with Gasteiger partial charge in [0.1, 0.15) is 14.3 Å². The lowest BCUT2D eigenvalue weighted by molar-refractivity contribution is -0.671. The molecule has 0 fully saturated rings. The van der Waals surface area contributed by atoms with Gasteiger partial charge < -0.3 is 9.13 Å². The van der Waals surface area contributed by atoms with Crippen LogP contribution in [0.4, 0.5) is 0 Å². The van der Waals surface area contributed by atoms with E-state index in [4.69, 9.17) is 4.98 Å². The highest BCUT2D eigenvalue weighted by atomic mass is 16.1. The first-order valence-corrected chi connectivity index (χ1v) is 19.6. The van der Waals surface area contributed by atoms with Crippen molar-refractivity contribution in [3.63, 3.8) is 0 Å². The third-order valence-electron chi connectivity index (χ3n) is 11.1. The second kappa shape index (κ2) is 16.6. The summed E-state index contributed by atoms with van der Waals surface area (Å²) in [6.07, 6.45) is 9.83. The molecule has 55 heavy (non-hydrogen) atoms. The van der Waals surface area contributed by atoms with Crippen LogP contribution in [0, 0.1) is 10.8 Å². The minimum atomic E-state index is 0.0615. The number of ketones is 1. The molecule has 1 radical (unpaired) electrons. The molecule has 0 atom stereocenters. The van der Waals surface area contributed by atoms with E-state index in [-0.39, 0.29) is 5.78 Å². The van der Waals surface area contributed by atoms with E-state index in [9.17, 15) is 4.79 Å². The molecule has 0 amide bonds. The maximum Gasteiger partial charge on any atom is 0.215 e. The average molecular weight is 731 g/mol. The van der Waals surface area contributed by atoms with Gasteiger partial charge in [0.15, 0.2) is 5.78 Å². The molecule has 8 bridgehead atoms. The van der Waals surface area contributed by atoms with Crippen molar-refractivity contribution in [1.82, 2.24) is 14.1 Å². The number of aromatic nitrogens is 4. The second-order valence-corrected chi connectivity index (χ2v) is 16.7. The standard InChI is InChI=1S/C38H33BN4O.C8H18.C3H8/c1-24(44)25-6-8-27(9-7-25)38-35-20-15-30(41(35)3)22-29-14-18-33(40-29)37(26-10-12-28(39-2)13-11-26)34-19-16-31(42(34)4)23-32-17-21-36(38)43(32)5;1-7(2,3)8(4,5)6;1-3-2/h6-23H,1-5H3;1-6H3;3H2,1-2H3/q+1;;.